The fourth-order valence-electron chi connectivity index (χ4n) is 2.29. The number of benzene rings is 1. The maximum Gasteiger partial charge on any atom is 0.295 e. The third-order valence-electron chi connectivity index (χ3n) is 3.41. The molecule has 6 nitrogen and oxygen atoms in total. The summed E-state index contributed by atoms with van der Waals surface area (Å²) in [6.07, 6.45) is 0.853. The third-order valence-corrected chi connectivity index (χ3v) is 3.70. The molecule has 8 heteroatoms. The molecular weight excluding hydrogens is 299 g/mol. The Morgan fingerprint density at radius 1 is 1.43 bits per heavy atom. The minimum atomic E-state index is -0.783. The van der Waals surface area contributed by atoms with Gasteiger partial charge in [0.05, 0.1) is 16.0 Å². The van der Waals surface area contributed by atoms with Crippen LogP contribution in [0.3, 0.4) is 0 Å². The lowest BCUT2D eigenvalue weighted by molar-refractivity contribution is -0.384. The summed E-state index contributed by atoms with van der Waals surface area (Å²) >= 11 is 5.67. The van der Waals surface area contributed by atoms with Gasteiger partial charge in [0.1, 0.15) is 11.5 Å². The molecule has 21 heavy (non-hydrogen) atoms. The van der Waals surface area contributed by atoms with Gasteiger partial charge in [-0.05, 0) is 19.0 Å². The van der Waals surface area contributed by atoms with Gasteiger partial charge >= 0.3 is 0 Å². The molecular formula is C13H18ClFN4O2. The number of halogens is 2. The van der Waals surface area contributed by atoms with Crippen LogP contribution in [0.15, 0.2) is 12.1 Å². The summed E-state index contributed by atoms with van der Waals surface area (Å²) in [4.78, 5) is 12.6. The average Bonchev–Trinajstić information content (AvgIpc) is 2.47. The Labute approximate surface area is 127 Å². The van der Waals surface area contributed by atoms with Gasteiger partial charge in [-0.2, -0.15) is 0 Å². The van der Waals surface area contributed by atoms with E-state index in [2.05, 4.69) is 15.5 Å². The summed E-state index contributed by atoms with van der Waals surface area (Å²) in [6.45, 7) is 5.52. The highest BCUT2D eigenvalue weighted by molar-refractivity contribution is 6.31. The number of nitrogens with zero attached hydrogens (tertiary/aromatic N) is 2. The second kappa shape index (κ2) is 7.53. The third kappa shape index (κ3) is 4.52. The summed E-state index contributed by atoms with van der Waals surface area (Å²) in [5.41, 5.74) is -0.0363. The van der Waals surface area contributed by atoms with E-state index < -0.39 is 10.7 Å². The number of hydrogen-bond donors (Lipinski definition) is 2. The van der Waals surface area contributed by atoms with Crippen LogP contribution in [0.4, 0.5) is 15.8 Å². The molecule has 1 aliphatic heterocycles. The van der Waals surface area contributed by atoms with E-state index in [0.29, 0.717) is 6.54 Å². The number of nitrogens with one attached hydrogen (secondary N) is 2. The van der Waals surface area contributed by atoms with Gasteiger partial charge in [0.15, 0.2) is 0 Å². The van der Waals surface area contributed by atoms with E-state index in [9.17, 15) is 14.5 Å². The Morgan fingerprint density at radius 2 is 2.14 bits per heavy atom. The van der Waals surface area contributed by atoms with Crippen molar-refractivity contribution >= 4 is 23.0 Å². The predicted octanol–water partition coefficient (Wildman–Crippen LogP) is 2.09. The van der Waals surface area contributed by atoms with Crippen molar-refractivity contribution < 1.29 is 9.31 Å². The van der Waals surface area contributed by atoms with Gasteiger partial charge in [-0.3, -0.25) is 10.1 Å². The molecule has 2 N–H and O–H groups in total. The molecule has 1 aliphatic rings. The van der Waals surface area contributed by atoms with E-state index in [4.69, 9.17) is 11.6 Å². The van der Waals surface area contributed by atoms with Crippen molar-refractivity contribution in [3.8, 4) is 0 Å². The maximum absolute atomic E-state index is 13.3. The van der Waals surface area contributed by atoms with Crippen LogP contribution in [0.25, 0.3) is 0 Å². The number of rotatable bonds is 6. The molecule has 0 radical (unpaired) electrons. The van der Waals surface area contributed by atoms with Gasteiger partial charge in [0, 0.05) is 32.7 Å². The Hall–Kier alpha value is -1.44. The summed E-state index contributed by atoms with van der Waals surface area (Å²) in [6, 6.07) is 2.11. The molecule has 0 spiro atoms. The number of anilines is 1. The smallest absolute Gasteiger partial charge is 0.295 e. The average molecular weight is 317 g/mol. The van der Waals surface area contributed by atoms with Crippen molar-refractivity contribution in [2.75, 3.05) is 44.6 Å². The van der Waals surface area contributed by atoms with Gasteiger partial charge in [-0.25, -0.2) is 4.39 Å². The lowest BCUT2D eigenvalue weighted by atomic mass is 10.2. The van der Waals surface area contributed by atoms with Crippen LogP contribution >= 0.6 is 11.6 Å². The largest absolute Gasteiger partial charge is 0.379 e. The Kier molecular flexibility index (Phi) is 5.72. The van der Waals surface area contributed by atoms with Crippen LogP contribution < -0.4 is 10.6 Å². The zero-order valence-corrected chi connectivity index (χ0v) is 12.3. The van der Waals surface area contributed by atoms with Crippen LogP contribution in [0.5, 0.6) is 0 Å². The predicted molar refractivity (Wildman–Crippen MR) is 80.5 cm³/mol. The molecule has 0 bridgehead atoms. The van der Waals surface area contributed by atoms with Crippen LogP contribution in [-0.4, -0.2) is 49.1 Å². The fourth-order valence-corrected chi connectivity index (χ4v) is 2.45. The molecule has 1 fully saturated rings. The standard InChI is InChI=1S/C13H18ClFN4O2/c14-10-8-12(13(19(20)21)9-11(10)15)17-2-1-5-18-6-3-16-4-7-18/h8-9,16-17H,1-7H2. The number of nitro benzene ring substituents is 1. The lowest BCUT2D eigenvalue weighted by Crippen LogP contribution is -2.44. The number of hydrogen-bond acceptors (Lipinski definition) is 5. The highest BCUT2D eigenvalue weighted by atomic mass is 35.5. The Bertz CT molecular complexity index is 509. The molecule has 0 unspecified atom stereocenters. The molecule has 116 valence electrons. The molecule has 0 amide bonds. The Balaban J connectivity index is 1.87. The van der Waals surface area contributed by atoms with Crippen molar-refractivity contribution in [2.45, 2.75) is 6.42 Å². The van der Waals surface area contributed by atoms with Crippen LogP contribution in [0.1, 0.15) is 6.42 Å². The van der Waals surface area contributed by atoms with Gasteiger partial charge in [-0.15, -0.1) is 0 Å². The quantitative estimate of drug-likeness (QED) is 0.478. The van der Waals surface area contributed by atoms with Crippen LogP contribution in [0.2, 0.25) is 5.02 Å². The van der Waals surface area contributed by atoms with E-state index in [0.717, 1.165) is 45.2 Å². The number of nitro groups is 1. The molecule has 0 aliphatic carbocycles. The van der Waals surface area contributed by atoms with Crippen molar-refractivity contribution in [2.24, 2.45) is 0 Å². The topological polar surface area (TPSA) is 70.4 Å². The van der Waals surface area contributed by atoms with E-state index in [-0.39, 0.29) is 16.4 Å². The van der Waals surface area contributed by atoms with E-state index in [1.807, 2.05) is 0 Å². The maximum atomic E-state index is 13.3. The van der Waals surface area contributed by atoms with E-state index in [1.54, 1.807) is 0 Å². The minimum Gasteiger partial charge on any atom is -0.379 e. The molecule has 0 aromatic heterocycles. The second-order valence-electron chi connectivity index (χ2n) is 4.91. The normalized spacial score (nSPS) is 15.9. The van der Waals surface area contributed by atoms with Gasteiger partial charge < -0.3 is 15.5 Å². The summed E-state index contributed by atoms with van der Waals surface area (Å²) < 4.78 is 13.3. The first-order chi connectivity index (χ1) is 10.1. The van der Waals surface area contributed by atoms with Crippen molar-refractivity contribution in [1.29, 1.82) is 0 Å². The first kappa shape index (κ1) is 15.9. The van der Waals surface area contributed by atoms with Crippen molar-refractivity contribution in [1.82, 2.24) is 10.2 Å². The summed E-state index contributed by atoms with van der Waals surface area (Å²) in [5.74, 6) is -0.783. The van der Waals surface area contributed by atoms with E-state index in [1.165, 1.54) is 6.07 Å². The fraction of sp³-hybridized carbons (Fsp3) is 0.538. The molecule has 1 aromatic rings. The first-order valence-corrected chi connectivity index (χ1v) is 7.26. The Morgan fingerprint density at radius 3 is 2.81 bits per heavy atom. The van der Waals surface area contributed by atoms with Gasteiger partial charge in [-0.1, -0.05) is 11.6 Å². The summed E-state index contributed by atoms with van der Waals surface area (Å²) in [5, 5.41) is 17.0. The SMILES string of the molecule is O=[N+]([O-])c1cc(F)c(Cl)cc1NCCCN1CCNCC1. The molecule has 1 aromatic carbocycles. The molecule has 1 heterocycles. The van der Waals surface area contributed by atoms with E-state index >= 15 is 0 Å². The highest BCUT2D eigenvalue weighted by Gasteiger charge is 2.17. The lowest BCUT2D eigenvalue weighted by Gasteiger charge is -2.27. The van der Waals surface area contributed by atoms with Crippen LogP contribution in [0, 0.1) is 15.9 Å². The highest BCUT2D eigenvalue weighted by Crippen LogP contribution is 2.30. The zero-order valence-electron chi connectivity index (χ0n) is 11.6. The summed E-state index contributed by atoms with van der Waals surface area (Å²) in [7, 11) is 0. The monoisotopic (exact) mass is 316 g/mol. The first-order valence-electron chi connectivity index (χ1n) is 6.88. The van der Waals surface area contributed by atoms with Gasteiger partial charge in [0.25, 0.3) is 5.69 Å². The van der Waals surface area contributed by atoms with Crippen LogP contribution in [-0.2, 0) is 0 Å². The zero-order chi connectivity index (χ0) is 15.2. The minimum absolute atomic E-state index is 0.120. The molecule has 1 saturated heterocycles. The van der Waals surface area contributed by atoms with Crippen molar-refractivity contribution in [3.63, 3.8) is 0 Å². The molecule has 2 rings (SSSR count). The molecule has 0 atom stereocenters. The molecule has 0 saturated carbocycles. The van der Waals surface area contributed by atoms with Crippen molar-refractivity contribution in [3.05, 3.63) is 33.1 Å². The second-order valence-corrected chi connectivity index (χ2v) is 5.32. The number of piperazine rings is 1. The van der Waals surface area contributed by atoms with Gasteiger partial charge in [0.2, 0.25) is 0 Å².